The number of imide groups is 1. The molecule has 6 nitrogen and oxygen atoms in total. The summed E-state index contributed by atoms with van der Waals surface area (Å²) in [5.41, 5.74) is 0.671. The molecule has 3 rings (SSSR count). The summed E-state index contributed by atoms with van der Waals surface area (Å²) in [4.78, 5) is 36.9. The standard InChI is InChI=1S/C19H15NO5S/c21-17-16(12-13-5-4-6-14(11-13)18(22)23)26-19(24)20(17)9-10-25-15-7-2-1-3-8-15/h1-8,11-12H,9-10H2,(H,22,23)/b16-12-. The fourth-order valence-corrected chi connectivity index (χ4v) is 3.24. The van der Waals surface area contributed by atoms with Crippen LogP contribution >= 0.6 is 11.8 Å². The quantitative estimate of drug-likeness (QED) is 0.785. The third-order valence-corrected chi connectivity index (χ3v) is 4.54. The van der Waals surface area contributed by atoms with Crippen LogP contribution in [0, 0.1) is 0 Å². The molecule has 0 atom stereocenters. The van der Waals surface area contributed by atoms with E-state index in [1.54, 1.807) is 24.3 Å². The van der Waals surface area contributed by atoms with E-state index in [9.17, 15) is 14.4 Å². The van der Waals surface area contributed by atoms with Gasteiger partial charge in [-0.2, -0.15) is 0 Å². The van der Waals surface area contributed by atoms with E-state index in [1.165, 1.54) is 18.2 Å². The number of ether oxygens (including phenoxy) is 1. The highest BCUT2D eigenvalue weighted by atomic mass is 32.2. The highest BCUT2D eigenvalue weighted by Gasteiger charge is 2.34. The first-order valence-corrected chi connectivity index (χ1v) is 8.63. The second-order valence-corrected chi connectivity index (χ2v) is 6.42. The Hall–Kier alpha value is -3.06. The van der Waals surface area contributed by atoms with Crippen molar-refractivity contribution in [1.82, 2.24) is 4.90 Å². The SMILES string of the molecule is O=C(O)c1cccc(/C=C2\SC(=O)N(CCOc3ccccc3)C2=O)c1. The van der Waals surface area contributed by atoms with Gasteiger partial charge in [-0.25, -0.2) is 4.79 Å². The van der Waals surface area contributed by atoms with E-state index in [1.807, 2.05) is 18.2 Å². The van der Waals surface area contributed by atoms with Gasteiger partial charge in [0.15, 0.2) is 0 Å². The minimum absolute atomic E-state index is 0.120. The molecule has 2 aromatic carbocycles. The molecule has 26 heavy (non-hydrogen) atoms. The number of hydrogen-bond acceptors (Lipinski definition) is 5. The number of carboxylic acid groups (broad SMARTS) is 1. The van der Waals surface area contributed by atoms with E-state index < -0.39 is 11.9 Å². The monoisotopic (exact) mass is 369 g/mol. The fraction of sp³-hybridized carbons (Fsp3) is 0.105. The maximum atomic E-state index is 12.4. The molecule has 0 aliphatic carbocycles. The second-order valence-electron chi connectivity index (χ2n) is 5.43. The summed E-state index contributed by atoms with van der Waals surface area (Å²) in [5.74, 6) is -0.788. The zero-order chi connectivity index (χ0) is 18.5. The van der Waals surface area contributed by atoms with Gasteiger partial charge in [0.1, 0.15) is 12.4 Å². The molecule has 1 N–H and O–H groups in total. The number of benzene rings is 2. The third kappa shape index (κ3) is 4.12. The van der Waals surface area contributed by atoms with Gasteiger partial charge in [0.25, 0.3) is 11.1 Å². The molecule has 2 amide bonds. The van der Waals surface area contributed by atoms with Gasteiger partial charge >= 0.3 is 5.97 Å². The first kappa shape index (κ1) is 17.8. The van der Waals surface area contributed by atoms with Crippen LogP contribution in [0.5, 0.6) is 5.75 Å². The van der Waals surface area contributed by atoms with Gasteiger partial charge in [0, 0.05) is 0 Å². The Kier molecular flexibility index (Phi) is 5.38. The van der Waals surface area contributed by atoms with Crippen molar-refractivity contribution in [3.05, 3.63) is 70.6 Å². The molecule has 0 spiro atoms. The predicted octanol–water partition coefficient (Wildman–Crippen LogP) is 3.50. The first-order valence-electron chi connectivity index (χ1n) is 7.81. The minimum atomic E-state index is -1.05. The van der Waals surface area contributed by atoms with Crippen LogP contribution in [0.1, 0.15) is 15.9 Å². The van der Waals surface area contributed by atoms with Crippen LogP contribution in [-0.2, 0) is 4.79 Å². The summed E-state index contributed by atoms with van der Waals surface area (Å²) in [5, 5.41) is 8.66. The van der Waals surface area contributed by atoms with E-state index in [0.29, 0.717) is 11.3 Å². The van der Waals surface area contributed by atoms with Crippen molar-refractivity contribution in [2.45, 2.75) is 0 Å². The molecule has 1 heterocycles. The Morgan fingerprint density at radius 1 is 1.12 bits per heavy atom. The number of rotatable bonds is 6. The van der Waals surface area contributed by atoms with Crippen molar-refractivity contribution in [3.63, 3.8) is 0 Å². The Morgan fingerprint density at radius 3 is 2.62 bits per heavy atom. The van der Waals surface area contributed by atoms with E-state index in [2.05, 4.69) is 0 Å². The van der Waals surface area contributed by atoms with E-state index in [0.717, 1.165) is 16.7 Å². The van der Waals surface area contributed by atoms with Crippen molar-refractivity contribution in [2.75, 3.05) is 13.2 Å². The largest absolute Gasteiger partial charge is 0.492 e. The lowest BCUT2D eigenvalue weighted by molar-refractivity contribution is -0.123. The molecule has 132 valence electrons. The molecule has 1 aliphatic rings. The van der Waals surface area contributed by atoms with Gasteiger partial charge < -0.3 is 9.84 Å². The topological polar surface area (TPSA) is 83.9 Å². The molecular weight excluding hydrogens is 354 g/mol. The molecular formula is C19H15NO5S. The van der Waals surface area contributed by atoms with E-state index >= 15 is 0 Å². The molecule has 1 aliphatic heterocycles. The van der Waals surface area contributed by atoms with Gasteiger partial charge in [-0.1, -0.05) is 30.3 Å². The maximum Gasteiger partial charge on any atom is 0.335 e. The number of hydrogen-bond donors (Lipinski definition) is 1. The highest BCUT2D eigenvalue weighted by molar-refractivity contribution is 8.18. The molecule has 0 radical (unpaired) electrons. The van der Waals surface area contributed by atoms with Gasteiger partial charge in [-0.3, -0.25) is 14.5 Å². The Balaban J connectivity index is 1.66. The Bertz CT molecular complexity index is 879. The van der Waals surface area contributed by atoms with Crippen LogP contribution in [0.25, 0.3) is 6.08 Å². The molecule has 7 heteroatoms. The van der Waals surface area contributed by atoms with Crippen molar-refractivity contribution in [3.8, 4) is 5.75 Å². The summed E-state index contributed by atoms with van der Waals surface area (Å²) in [7, 11) is 0. The number of nitrogens with zero attached hydrogens (tertiary/aromatic N) is 1. The summed E-state index contributed by atoms with van der Waals surface area (Å²) < 4.78 is 5.52. The number of aromatic carboxylic acids is 1. The zero-order valence-corrected chi connectivity index (χ0v) is 14.4. The van der Waals surface area contributed by atoms with Crippen LogP contribution in [0.3, 0.4) is 0 Å². The number of amides is 2. The lowest BCUT2D eigenvalue weighted by atomic mass is 10.1. The second kappa shape index (κ2) is 7.88. The van der Waals surface area contributed by atoms with Crippen molar-refractivity contribution < 1.29 is 24.2 Å². The van der Waals surface area contributed by atoms with Crippen LogP contribution in [0.2, 0.25) is 0 Å². The van der Waals surface area contributed by atoms with Crippen LogP contribution in [-0.4, -0.2) is 40.3 Å². The molecule has 1 saturated heterocycles. The number of carbonyl (C=O) groups excluding carboxylic acids is 2. The van der Waals surface area contributed by atoms with Crippen molar-refractivity contribution >= 4 is 35.0 Å². The molecule has 2 aromatic rings. The summed E-state index contributed by atoms with van der Waals surface area (Å²) >= 11 is 0.833. The number of para-hydroxylation sites is 1. The van der Waals surface area contributed by atoms with Gasteiger partial charge in [0.2, 0.25) is 0 Å². The Labute approximate surface area is 154 Å². The lowest BCUT2D eigenvalue weighted by Crippen LogP contribution is -2.32. The lowest BCUT2D eigenvalue weighted by Gasteiger charge is -2.13. The summed E-state index contributed by atoms with van der Waals surface area (Å²) in [6.07, 6.45) is 1.52. The third-order valence-electron chi connectivity index (χ3n) is 3.63. The van der Waals surface area contributed by atoms with Crippen molar-refractivity contribution in [1.29, 1.82) is 0 Å². The minimum Gasteiger partial charge on any atom is -0.492 e. The molecule has 1 fully saturated rings. The number of carbonyl (C=O) groups is 3. The molecule has 0 unspecified atom stereocenters. The molecule has 0 saturated carbocycles. The molecule has 0 aromatic heterocycles. The van der Waals surface area contributed by atoms with Gasteiger partial charge in [0.05, 0.1) is 17.0 Å². The van der Waals surface area contributed by atoms with Crippen LogP contribution < -0.4 is 4.74 Å². The number of carboxylic acids is 1. The first-order chi connectivity index (χ1) is 12.5. The smallest absolute Gasteiger partial charge is 0.335 e. The summed E-state index contributed by atoms with van der Waals surface area (Å²) in [6.45, 7) is 0.343. The predicted molar refractivity (Wildman–Crippen MR) is 98.0 cm³/mol. The normalized spacial score (nSPS) is 15.5. The Morgan fingerprint density at radius 2 is 1.88 bits per heavy atom. The fourth-order valence-electron chi connectivity index (χ4n) is 2.38. The average molecular weight is 369 g/mol. The van der Waals surface area contributed by atoms with Crippen LogP contribution in [0.15, 0.2) is 59.5 Å². The van der Waals surface area contributed by atoms with E-state index in [-0.39, 0.29) is 28.9 Å². The maximum absolute atomic E-state index is 12.4. The van der Waals surface area contributed by atoms with Gasteiger partial charge in [-0.05, 0) is 47.7 Å². The van der Waals surface area contributed by atoms with E-state index in [4.69, 9.17) is 9.84 Å². The van der Waals surface area contributed by atoms with Crippen LogP contribution in [0.4, 0.5) is 4.79 Å². The average Bonchev–Trinajstić information content (AvgIpc) is 2.90. The summed E-state index contributed by atoms with van der Waals surface area (Å²) in [6, 6.07) is 15.3. The highest BCUT2D eigenvalue weighted by Crippen LogP contribution is 2.32. The van der Waals surface area contributed by atoms with Gasteiger partial charge in [-0.15, -0.1) is 0 Å². The zero-order valence-electron chi connectivity index (χ0n) is 13.6. The molecule has 0 bridgehead atoms. The van der Waals surface area contributed by atoms with Crippen molar-refractivity contribution in [2.24, 2.45) is 0 Å². The number of thioether (sulfide) groups is 1.